The summed E-state index contributed by atoms with van der Waals surface area (Å²) in [5, 5.41) is 13.4. The fourth-order valence-electron chi connectivity index (χ4n) is 2.35. The van der Waals surface area contributed by atoms with Crippen molar-refractivity contribution in [3.8, 4) is 0 Å². The van der Waals surface area contributed by atoms with Gasteiger partial charge in [0.25, 0.3) is 0 Å². The highest BCUT2D eigenvalue weighted by Gasteiger charge is 2.12. The van der Waals surface area contributed by atoms with Crippen LogP contribution in [-0.4, -0.2) is 11.7 Å². The Balaban J connectivity index is 2.07. The molecule has 0 bridgehead atoms. The van der Waals surface area contributed by atoms with Crippen molar-refractivity contribution >= 4 is 0 Å². The molecule has 1 aliphatic carbocycles. The molecular weight excluding hydrogens is 214 g/mol. The topological polar surface area (TPSA) is 69.0 Å². The summed E-state index contributed by atoms with van der Waals surface area (Å²) in [5.41, 5.74) is 11.9. The number of hydrogen-bond donors (Lipinski definition) is 1. The van der Waals surface area contributed by atoms with Crippen molar-refractivity contribution in [2.45, 2.75) is 38.2 Å². The molecule has 0 heterocycles. The summed E-state index contributed by atoms with van der Waals surface area (Å²) in [6.07, 6.45) is 4.75. The van der Waals surface area contributed by atoms with E-state index in [1.54, 1.807) is 0 Å². The van der Waals surface area contributed by atoms with Crippen LogP contribution < -0.4 is 0 Å². The molecule has 1 aromatic carbocycles. The van der Waals surface area contributed by atoms with E-state index in [0.29, 0.717) is 13.0 Å². The molecule has 2 rings (SSSR count). The highest BCUT2D eigenvalue weighted by atomic mass is 16.3. The van der Waals surface area contributed by atoms with E-state index < -0.39 is 6.10 Å². The molecule has 0 spiro atoms. The van der Waals surface area contributed by atoms with Crippen molar-refractivity contribution in [3.63, 3.8) is 0 Å². The fraction of sp³-hybridized carbons (Fsp3) is 0.538. The van der Waals surface area contributed by atoms with E-state index in [1.165, 1.54) is 24.0 Å². The lowest BCUT2D eigenvalue weighted by molar-refractivity contribution is 0.170. The Hall–Kier alpha value is -1.51. The second-order valence-corrected chi connectivity index (χ2v) is 4.49. The van der Waals surface area contributed by atoms with Gasteiger partial charge in [-0.3, -0.25) is 0 Å². The third-order valence-corrected chi connectivity index (χ3v) is 3.32. The molecule has 1 aliphatic rings. The molecule has 90 valence electrons. The molecule has 0 aliphatic heterocycles. The van der Waals surface area contributed by atoms with Crippen molar-refractivity contribution in [2.24, 2.45) is 5.11 Å². The zero-order valence-electron chi connectivity index (χ0n) is 9.84. The quantitative estimate of drug-likeness (QED) is 0.482. The monoisotopic (exact) mass is 231 g/mol. The van der Waals surface area contributed by atoms with Crippen molar-refractivity contribution in [1.29, 1.82) is 0 Å². The third kappa shape index (κ3) is 2.99. The van der Waals surface area contributed by atoms with Gasteiger partial charge in [-0.05, 0) is 54.3 Å². The summed E-state index contributed by atoms with van der Waals surface area (Å²) in [4.78, 5) is 2.69. The van der Waals surface area contributed by atoms with E-state index in [-0.39, 0.29) is 0 Å². The van der Waals surface area contributed by atoms with Crippen LogP contribution in [0.2, 0.25) is 0 Å². The van der Waals surface area contributed by atoms with Crippen LogP contribution in [0.1, 0.15) is 42.1 Å². The molecule has 0 amide bonds. The average Bonchev–Trinajstić information content (AvgIpc) is 2.38. The van der Waals surface area contributed by atoms with E-state index in [9.17, 15) is 5.11 Å². The summed E-state index contributed by atoms with van der Waals surface area (Å²) < 4.78 is 0. The SMILES string of the molecule is [N-]=[N+]=NCCC(O)c1ccc2c(c1)CCCC2. The third-order valence-electron chi connectivity index (χ3n) is 3.32. The summed E-state index contributed by atoms with van der Waals surface area (Å²) in [6, 6.07) is 6.22. The molecule has 0 fully saturated rings. The number of aryl methyl sites for hydroxylation is 2. The van der Waals surface area contributed by atoms with Crippen LogP contribution >= 0.6 is 0 Å². The smallest absolute Gasteiger partial charge is 0.0791 e. The van der Waals surface area contributed by atoms with E-state index in [0.717, 1.165) is 18.4 Å². The highest BCUT2D eigenvalue weighted by Crippen LogP contribution is 2.25. The van der Waals surface area contributed by atoms with Crippen LogP contribution in [0, 0.1) is 0 Å². The predicted molar refractivity (Wildman–Crippen MR) is 66.7 cm³/mol. The fourth-order valence-corrected chi connectivity index (χ4v) is 2.35. The first-order valence-electron chi connectivity index (χ1n) is 6.12. The van der Waals surface area contributed by atoms with Gasteiger partial charge < -0.3 is 5.11 Å². The van der Waals surface area contributed by atoms with Gasteiger partial charge in [-0.1, -0.05) is 23.3 Å². The number of fused-ring (bicyclic) bond motifs is 1. The first kappa shape index (κ1) is 12.0. The Morgan fingerprint density at radius 2 is 2.06 bits per heavy atom. The van der Waals surface area contributed by atoms with Crippen LogP contribution in [0.3, 0.4) is 0 Å². The zero-order valence-corrected chi connectivity index (χ0v) is 9.84. The second-order valence-electron chi connectivity index (χ2n) is 4.49. The Bertz CT molecular complexity index is 438. The molecule has 1 aromatic rings. The number of rotatable bonds is 4. The van der Waals surface area contributed by atoms with Crippen LogP contribution in [0.5, 0.6) is 0 Å². The maximum absolute atomic E-state index is 9.97. The molecule has 17 heavy (non-hydrogen) atoms. The number of azide groups is 1. The Kier molecular flexibility index (Phi) is 4.02. The maximum Gasteiger partial charge on any atom is 0.0791 e. The van der Waals surface area contributed by atoms with Gasteiger partial charge in [-0.15, -0.1) is 0 Å². The summed E-state index contributed by atoms with van der Waals surface area (Å²) in [7, 11) is 0. The van der Waals surface area contributed by atoms with Crippen molar-refractivity contribution < 1.29 is 5.11 Å². The van der Waals surface area contributed by atoms with Gasteiger partial charge in [0, 0.05) is 11.5 Å². The molecule has 1 atom stereocenters. The standard InChI is InChI=1S/C13H17N3O/c14-16-15-8-7-13(17)12-6-5-10-3-1-2-4-11(10)9-12/h5-6,9,13,17H,1-4,7-8H2. The van der Waals surface area contributed by atoms with Gasteiger partial charge in [0.2, 0.25) is 0 Å². The molecule has 4 heteroatoms. The molecule has 0 saturated carbocycles. The average molecular weight is 231 g/mol. The minimum absolute atomic E-state index is 0.342. The Morgan fingerprint density at radius 3 is 2.82 bits per heavy atom. The van der Waals surface area contributed by atoms with E-state index in [4.69, 9.17) is 5.53 Å². The van der Waals surface area contributed by atoms with Gasteiger partial charge >= 0.3 is 0 Å². The molecule has 0 aromatic heterocycles. The largest absolute Gasteiger partial charge is 0.388 e. The Morgan fingerprint density at radius 1 is 1.29 bits per heavy atom. The molecule has 0 radical (unpaired) electrons. The van der Waals surface area contributed by atoms with Crippen LogP contribution in [-0.2, 0) is 12.8 Å². The lowest BCUT2D eigenvalue weighted by Crippen LogP contribution is -2.06. The summed E-state index contributed by atoms with van der Waals surface area (Å²) >= 11 is 0. The summed E-state index contributed by atoms with van der Waals surface area (Å²) in [6.45, 7) is 0.342. The second kappa shape index (κ2) is 5.71. The van der Waals surface area contributed by atoms with Gasteiger partial charge in [0.15, 0.2) is 0 Å². The van der Waals surface area contributed by atoms with Crippen LogP contribution in [0.25, 0.3) is 10.4 Å². The van der Waals surface area contributed by atoms with Crippen LogP contribution in [0.4, 0.5) is 0 Å². The van der Waals surface area contributed by atoms with E-state index in [2.05, 4.69) is 22.2 Å². The van der Waals surface area contributed by atoms with Crippen molar-refractivity contribution in [1.82, 2.24) is 0 Å². The van der Waals surface area contributed by atoms with E-state index >= 15 is 0 Å². The highest BCUT2D eigenvalue weighted by molar-refractivity contribution is 5.34. The first-order chi connectivity index (χ1) is 8.31. The lowest BCUT2D eigenvalue weighted by Gasteiger charge is -2.18. The van der Waals surface area contributed by atoms with Crippen molar-refractivity contribution in [2.75, 3.05) is 6.54 Å². The predicted octanol–water partition coefficient (Wildman–Crippen LogP) is 3.30. The number of benzene rings is 1. The van der Waals surface area contributed by atoms with E-state index in [1.807, 2.05) is 6.07 Å². The molecule has 1 N–H and O–H groups in total. The first-order valence-corrected chi connectivity index (χ1v) is 6.12. The van der Waals surface area contributed by atoms with Gasteiger partial charge in [0.05, 0.1) is 6.10 Å². The molecule has 1 unspecified atom stereocenters. The zero-order chi connectivity index (χ0) is 12.1. The molecule has 0 saturated heterocycles. The lowest BCUT2D eigenvalue weighted by atomic mass is 9.89. The van der Waals surface area contributed by atoms with Crippen molar-refractivity contribution in [3.05, 3.63) is 45.3 Å². The number of aliphatic hydroxyl groups is 1. The molecular formula is C13H17N3O. The normalized spacial score (nSPS) is 15.8. The minimum atomic E-state index is -0.521. The number of hydrogen-bond acceptors (Lipinski definition) is 2. The van der Waals surface area contributed by atoms with Gasteiger partial charge in [-0.25, -0.2) is 0 Å². The minimum Gasteiger partial charge on any atom is -0.388 e. The molecule has 4 nitrogen and oxygen atoms in total. The maximum atomic E-state index is 9.97. The van der Waals surface area contributed by atoms with Gasteiger partial charge in [-0.2, -0.15) is 0 Å². The summed E-state index contributed by atoms with van der Waals surface area (Å²) in [5.74, 6) is 0. The Labute approximate surface area is 101 Å². The number of nitrogens with zero attached hydrogens (tertiary/aromatic N) is 3. The van der Waals surface area contributed by atoms with Crippen LogP contribution in [0.15, 0.2) is 23.3 Å². The number of aliphatic hydroxyl groups excluding tert-OH is 1. The van der Waals surface area contributed by atoms with Gasteiger partial charge in [0.1, 0.15) is 0 Å².